The van der Waals surface area contributed by atoms with Gasteiger partial charge < -0.3 is 20.7 Å². The molecule has 0 aromatic heterocycles. The van der Waals surface area contributed by atoms with Crippen molar-refractivity contribution in [3.8, 4) is 0 Å². The minimum atomic E-state index is -4.32. The van der Waals surface area contributed by atoms with Gasteiger partial charge in [-0.1, -0.05) is 30.2 Å². The summed E-state index contributed by atoms with van der Waals surface area (Å²) in [6.07, 6.45) is 5.79. The molecule has 218 valence electrons. The van der Waals surface area contributed by atoms with E-state index >= 15 is 0 Å². The van der Waals surface area contributed by atoms with Crippen LogP contribution in [0.1, 0.15) is 51.4 Å². The number of nitrogens with two attached hydrogens (primary N) is 1. The maximum atomic E-state index is 13.5. The number of allylic oxidation sites excluding steroid dienone is 1. The summed E-state index contributed by atoms with van der Waals surface area (Å²) in [6.45, 7) is 0.276. The molecule has 1 saturated carbocycles. The summed E-state index contributed by atoms with van der Waals surface area (Å²) >= 11 is 5.90. The Labute approximate surface area is 238 Å². The molecular formula is C26H34ClN5O7S. The SMILES string of the molecule is CN(c1ccc(Cl)cc1)S(=O)(=O)NC(=O)C12CC1/C=C\CCCCCC(OC(N)=O)C(=O)N1CCCC1C(=O)N2. The Hall–Kier alpha value is -3.32. The molecule has 0 bridgehead atoms. The zero-order valence-electron chi connectivity index (χ0n) is 22.2. The Morgan fingerprint density at radius 2 is 1.88 bits per heavy atom. The lowest BCUT2D eigenvalue weighted by Gasteiger charge is -2.29. The highest BCUT2D eigenvalue weighted by molar-refractivity contribution is 7.91. The van der Waals surface area contributed by atoms with Gasteiger partial charge in [-0.3, -0.25) is 18.7 Å². The van der Waals surface area contributed by atoms with Crippen LogP contribution < -0.4 is 20.1 Å². The Kier molecular flexibility index (Phi) is 8.93. The number of hydrogen-bond acceptors (Lipinski definition) is 7. The summed E-state index contributed by atoms with van der Waals surface area (Å²) in [5, 5.41) is 3.19. The number of anilines is 1. The van der Waals surface area contributed by atoms with E-state index in [4.69, 9.17) is 22.1 Å². The molecule has 2 fully saturated rings. The average molecular weight is 596 g/mol. The fourth-order valence-corrected chi connectivity index (χ4v) is 6.32. The van der Waals surface area contributed by atoms with E-state index in [-0.39, 0.29) is 25.1 Å². The number of nitrogens with zero attached hydrogens (tertiary/aromatic N) is 2. The summed E-state index contributed by atoms with van der Waals surface area (Å²) in [5.74, 6) is -2.38. The van der Waals surface area contributed by atoms with Crippen LogP contribution in [0.15, 0.2) is 36.4 Å². The van der Waals surface area contributed by atoms with Gasteiger partial charge in [0.15, 0.2) is 6.10 Å². The van der Waals surface area contributed by atoms with Crippen LogP contribution in [0.4, 0.5) is 10.5 Å². The van der Waals surface area contributed by atoms with E-state index in [1.807, 2.05) is 12.2 Å². The third-order valence-electron chi connectivity index (χ3n) is 7.62. The smallest absolute Gasteiger partial charge is 0.405 e. The van der Waals surface area contributed by atoms with Gasteiger partial charge in [0.05, 0.1) is 5.69 Å². The third-order valence-corrected chi connectivity index (χ3v) is 9.24. The first-order chi connectivity index (χ1) is 18.9. The molecule has 3 aliphatic rings. The molecular weight excluding hydrogens is 562 g/mol. The highest BCUT2D eigenvalue weighted by Crippen LogP contribution is 2.45. The summed E-state index contributed by atoms with van der Waals surface area (Å²) in [4.78, 5) is 53.1. The summed E-state index contributed by atoms with van der Waals surface area (Å²) in [6, 6.07) is 5.15. The van der Waals surface area contributed by atoms with E-state index in [0.717, 1.165) is 17.1 Å². The van der Waals surface area contributed by atoms with Crippen molar-refractivity contribution < 1.29 is 32.3 Å². The first-order valence-corrected chi connectivity index (χ1v) is 15.1. The molecule has 40 heavy (non-hydrogen) atoms. The second-order valence-electron chi connectivity index (χ2n) is 10.3. The molecule has 4 N–H and O–H groups in total. The molecule has 1 aromatic rings. The van der Waals surface area contributed by atoms with E-state index < -0.39 is 57.6 Å². The second kappa shape index (κ2) is 12.0. The maximum Gasteiger partial charge on any atom is 0.405 e. The molecule has 12 nitrogen and oxygen atoms in total. The number of amides is 4. The molecule has 0 radical (unpaired) electrons. The van der Waals surface area contributed by atoms with Gasteiger partial charge >= 0.3 is 16.3 Å². The standard InChI is InChI=1S/C26H34ClN5O7S/c1-31(19-13-11-18(27)12-14-19)40(37,38)30-24(35)26-16-17(26)8-5-3-2-4-6-10-21(39-25(28)36)23(34)32-15-7-9-20(32)22(33)29-26/h5,8,11-14,17,20-21H,2-4,6-7,9-10,15-16H2,1H3,(H2,28,36)(H,29,33)(H,30,35)/b8-5-. The van der Waals surface area contributed by atoms with Gasteiger partial charge in [0.2, 0.25) is 5.91 Å². The van der Waals surface area contributed by atoms with Crippen LogP contribution in [0.25, 0.3) is 0 Å². The molecule has 1 aromatic carbocycles. The summed E-state index contributed by atoms with van der Waals surface area (Å²) in [5.41, 5.74) is 3.99. The van der Waals surface area contributed by atoms with E-state index in [1.165, 1.54) is 36.2 Å². The van der Waals surface area contributed by atoms with Crippen molar-refractivity contribution in [1.82, 2.24) is 14.9 Å². The van der Waals surface area contributed by atoms with E-state index in [0.29, 0.717) is 30.7 Å². The third kappa shape index (κ3) is 6.52. The monoisotopic (exact) mass is 595 g/mol. The zero-order chi connectivity index (χ0) is 29.1. The molecule has 4 atom stereocenters. The minimum Gasteiger partial charge on any atom is -0.436 e. The Balaban J connectivity index is 1.57. The lowest BCUT2D eigenvalue weighted by molar-refractivity contribution is -0.146. The predicted octanol–water partition coefficient (Wildman–Crippen LogP) is 1.99. The largest absolute Gasteiger partial charge is 0.436 e. The molecule has 1 saturated heterocycles. The molecule has 14 heteroatoms. The van der Waals surface area contributed by atoms with Crippen molar-refractivity contribution in [2.24, 2.45) is 11.7 Å². The van der Waals surface area contributed by atoms with Crippen molar-refractivity contribution in [2.45, 2.75) is 69.1 Å². The van der Waals surface area contributed by atoms with Crippen LogP contribution in [-0.2, 0) is 29.3 Å². The number of ether oxygens (including phenoxy) is 1. The van der Waals surface area contributed by atoms with Gasteiger partial charge in [-0.05, 0) is 69.2 Å². The van der Waals surface area contributed by atoms with Crippen LogP contribution in [0, 0.1) is 5.92 Å². The molecule has 1 aliphatic carbocycles. The van der Waals surface area contributed by atoms with Gasteiger partial charge in [0, 0.05) is 24.5 Å². The predicted molar refractivity (Wildman–Crippen MR) is 147 cm³/mol. The number of carbonyl (C=O) groups excluding carboxylic acids is 4. The van der Waals surface area contributed by atoms with Gasteiger partial charge in [-0.2, -0.15) is 8.42 Å². The summed E-state index contributed by atoms with van der Waals surface area (Å²) < 4.78 is 34.3. The fourth-order valence-electron chi connectivity index (χ4n) is 5.24. The number of benzene rings is 1. The number of rotatable bonds is 5. The first-order valence-electron chi connectivity index (χ1n) is 13.3. The first kappa shape index (κ1) is 29.7. The van der Waals surface area contributed by atoms with Crippen LogP contribution in [0.3, 0.4) is 0 Å². The topological polar surface area (TPSA) is 168 Å². The van der Waals surface area contributed by atoms with Crippen LogP contribution >= 0.6 is 11.6 Å². The number of carbonyl (C=O) groups is 4. The average Bonchev–Trinajstić information content (AvgIpc) is 3.36. The Bertz CT molecular complexity index is 1290. The van der Waals surface area contributed by atoms with Gasteiger partial charge in [0.25, 0.3) is 11.8 Å². The number of hydrogen-bond donors (Lipinski definition) is 3. The molecule has 2 aliphatic heterocycles. The highest BCUT2D eigenvalue weighted by Gasteiger charge is 2.61. The number of primary amides is 1. The van der Waals surface area contributed by atoms with Crippen LogP contribution in [-0.4, -0.2) is 68.4 Å². The molecule has 4 rings (SSSR count). The number of nitrogens with one attached hydrogen (secondary N) is 2. The molecule has 0 spiro atoms. The van der Waals surface area contributed by atoms with Crippen molar-refractivity contribution >= 4 is 51.3 Å². The lowest BCUT2D eigenvalue weighted by atomic mass is 10.1. The maximum absolute atomic E-state index is 13.5. The quantitative estimate of drug-likeness (QED) is 0.437. The highest BCUT2D eigenvalue weighted by atomic mass is 35.5. The normalized spacial score (nSPS) is 28.1. The molecule has 4 unspecified atom stereocenters. The Morgan fingerprint density at radius 3 is 2.58 bits per heavy atom. The van der Waals surface area contributed by atoms with E-state index in [2.05, 4.69) is 10.0 Å². The van der Waals surface area contributed by atoms with Crippen molar-refractivity contribution in [3.05, 3.63) is 41.4 Å². The number of fused-ring (bicyclic) bond motifs is 2. The van der Waals surface area contributed by atoms with Crippen molar-refractivity contribution in [3.63, 3.8) is 0 Å². The van der Waals surface area contributed by atoms with E-state index in [9.17, 15) is 27.6 Å². The lowest BCUT2D eigenvalue weighted by Crippen LogP contribution is -2.58. The Morgan fingerprint density at radius 1 is 1.15 bits per heavy atom. The summed E-state index contributed by atoms with van der Waals surface area (Å²) in [7, 11) is -3.03. The van der Waals surface area contributed by atoms with Crippen LogP contribution in [0.5, 0.6) is 0 Å². The minimum absolute atomic E-state index is 0.204. The van der Waals surface area contributed by atoms with Gasteiger partial charge in [0.1, 0.15) is 11.6 Å². The molecule has 4 amide bonds. The fraction of sp³-hybridized carbons (Fsp3) is 0.538. The van der Waals surface area contributed by atoms with Gasteiger partial charge in [-0.25, -0.2) is 9.52 Å². The van der Waals surface area contributed by atoms with Gasteiger partial charge in [-0.15, -0.1) is 0 Å². The van der Waals surface area contributed by atoms with E-state index in [1.54, 1.807) is 0 Å². The zero-order valence-corrected chi connectivity index (χ0v) is 23.7. The molecule has 2 heterocycles. The second-order valence-corrected chi connectivity index (χ2v) is 12.5. The van der Waals surface area contributed by atoms with Crippen molar-refractivity contribution in [1.29, 1.82) is 0 Å². The van der Waals surface area contributed by atoms with Crippen molar-refractivity contribution in [2.75, 3.05) is 17.9 Å². The van der Waals surface area contributed by atoms with Crippen LogP contribution in [0.2, 0.25) is 5.02 Å². The number of halogens is 1.